The Bertz CT molecular complexity index is 549. The second-order valence-corrected chi connectivity index (χ2v) is 5.64. The van der Waals surface area contributed by atoms with Crippen molar-refractivity contribution in [3.05, 3.63) is 48.0 Å². The molecule has 1 aromatic carbocycles. The average Bonchev–Trinajstić information content (AvgIpc) is 2.54. The summed E-state index contributed by atoms with van der Waals surface area (Å²) in [4.78, 5) is 14.0. The summed E-state index contributed by atoms with van der Waals surface area (Å²) >= 11 is 0. The first kappa shape index (κ1) is 17.5. The van der Waals surface area contributed by atoms with Crippen LogP contribution in [0.2, 0.25) is 0 Å². The molecule has 0 aromatic heterocycles. The zero-order valence-corrected chi connectivity index (χ0v) is 12.8. The molecule has 23 heavy (non-hydrogen) atoms. The van der Waals surface area contributed by atoms with Crippen molar-refractivity contribution < 1.29 is 22.7 Å². The van der Waals surface area contributed by atoms with Crippen LogP contribution in [0.4, 0.5) is 13.2 Å². The van der Waals surface area contributed by atoms with Crippen LogP contribution in [0.1, 0.15) is 28.8 Å². The molecular formula is C17H20F3NO2. The van der Waals surface area contributed by atoms with Crippen molar-refractivity contribution in [3.8, 4) is 0 Å². The number of halogens is 3. The van der Waals surface area contributed by atoms with E-state index in [-0.39, 0.29) is 11.5 Å². The third-order valence-electron chi connectivity index (χ3n) is 3.93. The summed E-state index contributed by atoms with van der Waals surface area (Å²) in [5.41, 5.74) is -0.711. The standard InChI is InChI=1S/C17H20F3NO2/c1-2-10-23-12-13-6-8-21(9-7-13)16(22)14-4-3-5-15(11-14)17(18,19)20/h2-5,11,13H,1,6-10,12H2. The molecule has 1 aromatic rings. The summed E-state index contributed by atoms with van der Waals surface area (Å²) in [5, 5.41) is 0. The second kappa shape index (κ2) is 7.64. The van der Waals surface area contributed by atoms with E-state index in [0.29, 0.717) is 32.2 Å². The summed E-state index contributed by atoms with van der Waals surface area (Å²) in [6, 6.07) is 4.59. The van der Waals surface area contributed by atoms with Gasteiger partial charge >= 0.3 is 6.18 Å². The molecule has 0 N–H and O–H groups in total. The van der Waals surface area contributed by atoms with E-state index in [2.05, 4.69) is 6.58 Å². The normalized spacial score (nSPS) is 16.4. The van der Waals surface area contributed by atoms with E-state index in [4.69, 9.17) is 4.74 Å². The number of piperidine rings is 1. The van der Waals surface area contributed by atoms with Gasteiger partial charge in [-0.25, -0.2) is 0 Å². The maximum absolute atomic E-state index is 12.7. The molecule has 1 aliphatic rings. The lowest BCUT2D eigenvalue weighted by molar-refractivity contribution is -0.137. The van der Waals surface area contributed by atoms with Gasteiger partial charge in [0, 0.05) is 25.3 Å². The molecule has 6 heteroatoms. The van der Waals surface area contributed by atoms with Crippen molar-refractivity contribution in [2.24, 2.45) is 5.92 Å². The number of ether oxygens (including phenoxy) is 1. The molecule has 0 aliphatic carbocycles. The van der Waals surface area contributed by atoms with Crippen LogP contribution in [-0.4, -0.2) is 37.1 Å². The van der Waals surface area contributed by atoms with E-state index < -0.39 is 11.7 Å². The minimum Gasteiger partial charge on any atom is -0.377 e. The van der Waals surface area contributed by atoms with Crippen LogP contribution in [0.3, 0.4) is 0 Å². The molecule has 1 aliphatic heterocycles. The van der Waals surface area contributed by atoms with E-state index in [1.54, 1.807) is 11.0 Å². The van der Waals surface area contributed by atoms with Gasteiger partial charge in [0.05, 0.1) is 12.2 Å². The van der Waals surface area contributed by atoms with Gasteiger partial charge in [-0.2, -0.15) is 13.2 Å². The summed E-state index contributed by atoms with van der Waals surface area (Å²) in [5.74, 6) is 0.0297. The minimum atomic E-state index is -4.44. The monoisotopic (exact) mass is 327 g/mol. The van der Waals surface area contributed by atoms with Crippen LogP contribution in [-0.2, 0) is 10.9 Å². The SMILES string of the molecule is C=CCOCC1CCN(C(=O)c2cccc(C(F)(F)F)c2)CC1. The second-order valence-electron chi connectivity index (χ2n) is 5.64. The first-order chi connectivity index (χ1) is 10.9. The summed E-state index contributed by atoms with van der Waals surface area (Å²) in [7, 11) is 0. The summed E-state index contributed by atoms with van der Waals surface area (Å²) < 4.78 is 43.6. The lowest BCUT2D eigenvalue weighted by Crippen LogP contribution is -2.39. The third kappa shape index (κ3) is 4.82. The molecule has 0 spiro atoms. The van der Waals surface area contributed by atoms with E-state index in [0.717, 1.165) is 25.0 Å². The maximum Gasteiger partial charge on any atom is 0.416 e. The zero-order chi connectivity index (χ0) is 16.9. The number of likely N-dealkylation sites (tertiary alicyclic amines) is 1. The Kier molecular flexibility index (Phi) is 5.82. The van der Waals surface area contributed by atoms with Gasteiger partial charge in [-0.3, -0.25) is 4.79 Å². The fourth-order valence-corrected chi connectivity index (χ4v) is 2.63. The predicted molar refractivity (Wildman–Crippen MR) is 81.1 cm³/mol. The Morgan fingerprint density at radius 1 is 1.35 bits per heavy atom. The van der Waals surface area contributed by atoms with Crippen molar-refractivity contribution in [2.75, 3.05) is 26.3 Å². The van der Waals surface area contributed by atoms with Crippen LogP contribution in [0.15, 0.2) is 36.9 Å². The summed E-state index contributed by atoms with van der Waals surface area (Å²) in [6.45, 7) is 5.78. The number of nitrogens with zero attached hydrogens (tertiary/aromatic N) is 1. The minimum absolute atomic E-state index is 0.0844. The van der Waals surface area contributed by atoms with Gasteiger partial charge in [-0.05, 0) is 37.0 Å². The van der Waals surface area contributed by atoms with Crippen LogP contribution in [0.5, 0.6) is 0 Å². The molecule has 1 saturated heterocycles. The molecule has 0 unspecified atom stereocenters. The lowest BCUT2D eigenvalue weighted by atomic mass is 9.97. The number of amides is 1. The van der Waals surface area contributed by atoms with Gasteiger partial charge in [-0.1, -0.05) is 12.1 Å². The topological polar surface area (TPSA) is 29.5 Å². The van der Waals surface area contributed by atoms with Gasteiger partial charge in [0.2, 0.25) is 0 Å². The van der Waals surface area contributed by atoms with Gasteiger partial charge < -0.3 is 9.64 Å². The highest BCUT2D eigenvalue weighted by molar-refractivity contribution is 5.94. The Hall–Kier alpha value is -1.82. The van der Waals surface area contributed by atoms with Gasteiger partial charge in [-0.15, -0.1) is 6.58 Å². The third-order valence-corrected chi connectivity index (χ3v) is 3.93. The Morgan fingerprint density at radius 2 is 2.04 bits per heavy atom. The highest BCUT2D eigenvalue weighted by atomic mass is 19.4. The lowest BCUT2D eigenvalue weighted by Gasteiger charge is -2.32. The molecule has 3 nitrogen and oxygen atoms in total. The molecule has 1 fully saturated rings. The van der Waals surface area contributed by atoms with Crippen molar-refractivity contribution in [2.45, 2.75) is 19.0 Å². The first-order valence-corrected chi connectivity index (χ1v) is 7.57. The highest BCUT2D eigenvalue weighted by Crippen LogP contribution is 2.30. The molecule has 0 radical (unpaired) electrons. The largest absolute Gasteiger partial charge is 0.416 e. The first-order valence-electron chi connectivity index (χ1n) is 7.57. The molecule has 1 heterocycles. The van der Waals surface area contributed by atoms with Gasteiger partial charge in [0.15, 0.2) is 0 Å². The number of carbonyl (C=O) groups is 1. The highest BCUT2D eigenvalue weighted by Gasteiger charge is 2.31. The zero-order valence-electron chi connectivity index (χ0n) is 12.8. The fraction of sp³-hybridized carbons (Fsp3) is 0.471. The maximum atomic E-state index is 12.7. The van der Waals surface area contributed by atoms with E-state index in [1.807, 2.05) is 0 Å². The van der Waals surface area contributed by atoms with Crippen LogP contribution >= 0.6 is 0 Å². The average molecular weight is 327 g/mol. The molecule has 2 rings (SSSR count). The van der Waals surface area contributed by atoms with Gasteiger partial charge in [0.1, 0.15) is 0 Å². The Labute approximate surface area is 133 Å². The van der Waals surface area contributed by atoms with E-state index >= 15 is 0 Å². The van der Waals surface area contributed by atoms with Crippen molar-refractivity contribution >= 4 is 5.91 Å². The van der Waals surface area contributed by atoms with E-state index in [9.17, 15) is 18.0 Å². The predicted octanol–water partition coefficient (Wildman–Crippen LogP) is 3.76. The van der Waals surface area contributed by atoms with Crippen LogP contribution in [0.25, 0.3) is 0 Å². The number of alkyl halides is 3. The van der Waals surface area contributed by atoms with Crippen LogP contribution < -0.4 is 0 Å². The molecule has 1 amide bonds. The number of carbonyl (C=O) groups excluding carboxylic acids is 1. The van der Waals surface area contributed by atoms with Crippen molar-refractivity contribution in [1.29, 1.82) is 0 Å². The van der Waals surface area contributed by atoms with Gasteiger partial charge in [0.25, 0.3) is 5.91 Å². The fourth-order valence-electron chi connectivity index (χ4n) is 2.63. The molecule has 0 bridgehead atoms. The number of hydrogen-bond donors (Lipinski definition) is 0. The van der Waals surface area contributed by atoms with Crippen molar-refractivity contribution in [1.82, 2.24) is 4.90 Å². The molecular weight excluding hydrogens is 307 g/mol. The number of hydrogen-bond acceptors (Lipinski definition) is 2. The Balaban J connectivity index is 1.93. The quantitative estimate of drug-likeness (QED) is 0.609. The molecule has 0 atom stereocenters. The van der Waals surface area contributed by atoms with E-state index in [1.165, 1.54) is 12.1 Å². The number of rotatable bonds is 5. The molecule has 0 saturated carbocycles. The van der Waals surface area contributed by atoms with Crippen molar-refractivity contribution in [3.63, 3.8) is 0 Å². The summed E-state index contributed by atoms with van der Waals surface area (Å²) in [6.07, 6.45) is -1.16. The number of benzene rings is 1. The Morgan fingerprint density at radius 3 is 2.65 bits per heavy atom. The van der Waals surface area contributed by atoms with Crippen LogP contribution in [0, 0.1) is 5.92 Å². The smallest absolute Gasteiger partial charge is 0.377 e. The molecule has 126 valence electrons.